The Morgan fingerprint density at radius 1 is 1.18 bits per heavy atom. The number of pyridine rings is 1. The molecule has 0 aliphatic carbocycles. The quantitative estimate of drug-likeness (QED) is 0.809. The molecule has 0 amide bonds. The van der Waals surface area contributed by atoms with E-state index in [-0.39, 0.29) is 0 Å². The van der Waals surface area contributed by atoms with E-state index in [9.17, 15) is 0 Å². The average molecular weight is 354 g/mol. The van der Waals surface area contributed by atoms with Gasteiger partial charge in [-0.1, -0.05) is 15.9 Å². The molecule has 0 fully saturated rings. The second-order valence-corrected chi connectivity index (χ2v) is 4.93. The largest absolute Gasteiger partial charge is 0.453 e. The lowest BCUT2D eigenvalue weighted by Crippen LogP contribution is -1.90. The lowest BCUT2D eigenvalue weighted by molar-refractivity contribution is 0.475. The van der Waals surface area contributed by atoms with Crippen molar-refractivity contribution in [1.29, 1.82) is 5.26 Å². The van der Waals surface area contributed by atoms with Gasteiger partial charge in [-0.15, -0.1) is 0 Å². The van der Waals surface area contributed by atoms with Crippen LogP contribution in [0.25, 0.3) is 0 Å². The summed E-state index contributed by atoms with van der Waals surface area (Å²) in [5, 5.41) is 8.93. The van der Waals surface area contributed by atoms with E-state index in [0.717, 1.165) is 8.95 Å². The number of hydrogen-bond donors (Lipinski definition) is 0. The summed E-state index contributed by atoms with van der Waals surface area (Å²) >= 11 is 6.75. The Bertz CT molecular complexity index is 593. The predicted molar refractivity (Wildman–Crippen MR) is 70.9 cm³/mol. The third-order valence-electron chi connectivity index (χ3n) is 2.02. The first-order chi connectivity index (χ1) is 8.20. The van der Waals surface area contributed by atoms with E-state index in [1.807, 2.05) is 18.2 Å². The number of ether oxygens (including phenoxy) is 1. The molecule has 0 atom stereocenters. The Labute approximate surface area is 115 Å². The van der Waals surface area contributed by atoms with E-state index in [4.69, 9.17) is 10.00 Å². The molecule has 0 saturated heterocycles. The van der Waals surface area contributed by atoms with Crippen LogP contribution in [-0.4, -0.2) is 4.98 Å². The van der Waals surface area contributed by atoms with Crippen LogP contribution in [0.5, 0.6) is 11.5 Å². The summed E-state index contributed by atoms with van der Waals surface area (Å²) in [4.78, 5) is 3.94. The van der Waals surface area contributed by atoms with Crippen LogP contribution in [0.2, 0.25) is 0 Å². The molecule has 84 valence electrons. The Morgan fingerprint density at radius 2 is 2.00 bits per heavy atom. The highest BCUT2D eigenvalue weighted by Crippen LogP contribution is 2.32. The van der Waals surface area contributed by atoms with Gasteiger partial charge in [0.2, 0.25) is 0 Å². The van der Waals surface area contributed by atoms with Crippen molar-refractivity contribution in [3.05, 3.63) is 51.2 Å². The Hall–Kier alpha value is -1.38. The third kappa shape index (κ3) is 2.84. The van der Waals surface area contributed by atoms with Crippen LogP contribution in [0.1, 0.15) is 5.56 Å². The molecule has 0 spiro atoms. The molecular formula is C12H6Br2N2O. The Kier molecular flexibility index (Phi) is 3.77. The Morgan fingerprint density at radius 3 is 2.71 bits per heavy atom. The molecule has 0 aliphatic rings. The second-order valence-electron chi connectivity index (χ2n) is 3.16. The van der Waals surface area contributed by atoms with Gasteiger partial charge >= 0.3 is 0 Å². The molecule has 0 saturated carbocycles. The zero-order valence-electron chi connectivity index (χ0n) is 8.52. The number of nitrogens with zero attached hydrogens (tertiary/aromatic N) is 2. The molecular weight excluding hydrogens is 348 g/mol. The third-order valence-corrected chi connectivity index (χ3v) is 3.13. The van der Waals surface area contributed by atoms with Crippen molar-refractivity contribution in [2.24, 2.45) is 0 Å². The highest BCUT2D eigenvalue weighted by atomic mass is 79.9. The predicted octanol–water partition coefficient (Wildman–Crippen LogP) is 4.27. The average Bonchev–Trinajstić information content (AvgIpc) is 2.33. The van der Waals surface area contributed by atoms with Crippen molar-refractivity contribution < 1.29 is 4.74 Å². The summed E-state index contributed by atoms with van der Waals surface area (Å²) < 4.78 is 7.39. The summed E-state index contributed by atoms with van der Waals surface area (Å²) in [6.45, 7) is 0. The van der Waals surface area contributed by atoms with E-state index in [1.165, 1.54) is 6.20 Å². The molecule has 17 heavy (non-hydrogen) atoms. The SMILES string of the molecule is N#Cc1ccncc1Oc1ccc(Br)cc1Br. The lowest BCUT2D eigenvalue weighted by atomic mass is 10.3. The zero-order chi connectivity index (χ0) is 12.3. The maximum atomic E-state index is 8.93. The molecule has 5 heteroatoms. The van der Waals surface area contributed by atoms with Crippen LogP contribution < -0.4 is 4.74 Å². The minimum atomic E-state index is 0.443. The zero-order valence-corrected chi connectivity index (χ0v) is 11.7. The maximum absolute atomic E-state index is 8.93. The minimum absolute atomic E-state index is 0.443. The molecule has 0 radical (unpaired) electrons. The van der Waals surface area contributed by atoms with Crippen molar-refractivity contribution in [3.8, 4) is 17.6 Å². The molecule has 2 aromatic rings. The first kappa shape index (κ1) is 12.1. The standard InChI is InChI=1S/C12H6Br2N2O/c13-9-1-2-11(10(14)5-9)17-12-7-16-4-3-8(12)6-15/h1-5,7H. The van der Waals surface area contributed by atoms with Gasteiger partial charge in [0.25, 0.3) is 0 Å². The first-order valence-corrected chi connectivity index (χ1v) is 6.26. The second kappa shape index (κ2) is 5.30. The van der Waals surface area contributed by atoms with Crippen molar-refractivity contribution in [1.82, 2.24) is 4.98 Å². The summed E-state index contributed by atoms with van der Waals surface area (Å²) in [6, 6.07) is 9.21. The smallest absolute Gasteiger partial charge is 0.163 e. The van der Waals surface area contributed by atoms with Gasteiger partial charge < -0.3 is 4.74 Å². The van der Waals surface area contributed by atoms with E-state index < -0.39 is 0 Å². The first-order valence-electron chi connectivity index (χ1n) is 4.67. The van der Waals surface area contributed by atoms with Crippen LogP contribution in [-0.2, 0) is 0 Å². The van der Waals surface area contributed by atoms with Gasteiger partial charge in [0.05, 0.1) is 16.2 Å². The van der Waals surface area contributed by atoms with Crippen LogP contribution in [0, 0.1) is 11.3 Å². The van der Waals surface area contributed by atoms with Gasteiger partial charge in [0.1, 0.15) is 11.8 Å². The summed E-state index contributed by atoms with van der Waals surface area (Å²) in [5.41, 5.74) is 0.454. The number of nitriles is 1. The molecule has 2 rings (SSSR count). The van der Waals surface area contributed by atoms with Crippen molar-refractivity contribution in [2.45, 2.75) is 0 Å². The minimum Gasteiger partial charge on any atom is -0.453 e. The van der Waals surface area contributed by atoms with Gasteiger partial charge in [0.15, 0.2) is 5.75 Å². The number of benzene rings is 1. The molecule has 1 aromatic carbocycles. The molecule has 1 heterocycles. The van der Waals surface area contributed by atoms with Gasteiger partial charge in [-0.25, -0.2) is 0 Å². The molecule has 1 aromatic heterocycles. The van der Waals surface area contributed by atoms with E-state index in [0.29, 0.717) is 17.1 Å². The van der Waals surface area contributed by atoms with Gasteiger partial charge in [-0.3, -0.25) is 4.98 Å². The van der Waals surface area contributed by atoms with Crippen molar-refractivity contribution in [3.63, 3.8) is 0 Å². The normalized spacial score (nSPS) is 9.71. The fraction of sp³-hybridized carbons (Fsp3) is 0. The van der Waals surface area contributed by atoms with E-state index in [2.05, 4.69) is 42.9 Å². The van der Waals surface area contributed by atoms with Crippen molar-refractivity contribution in [2.75, 3.05) is 0 Å². The lowest BCUT2D eigenvalue weighted by Gasteiger charge is -2.08. The topological polar surface area (TPSA) is 45.9 Å². The summed E-state index contributed by atoms with van der Waals surface area (Å²) in [6.07, 6.45) is 3.08. The van der Waals surface area contributed by atoms with Gasteiger partial charge in [-0.05, 0) is 40.2 Å². The van der Waals surface area contributed by atoms with E-state index >= 15 is 0 Å². The molecule has 3 nitrogen and oxygen atoms in total. The highest BCUT2D eigenvalue weighted by molar-refractivity contribution is 9.11. The summed E-state index contributed by atoms with van der Waals surface area (Å²) in [7, 11) is 0. The molecule has 0 aliphatic heterocycles. The number of hydrogen-bond acceptors (Lipinski definition) is 3. The fourth-order valence-electron chi connectivity index (χ4n) is 1.23. The summed E-state index contributed by atoms with van der Waals surface area (Å²) in [5.74, 6) is 1.08. The monoisotopic (exact) mass is 352 g/mol. The van der Waals surface area contributed by atoms with Gasteiger partial charge in [-0.2, -0.15) is 5.26 Å². The van der Waals surface area contributed by atoms with Crippen LogP contribution >= 0.6 is 31.9 Å². The van der Waals surface area contributed by atoms with Crippen molar-refractivity contribution >= 4 is 31.9 Å². The fourth-order valence-corrected chi connectivity index (χ4v) is 2.36. The van der Waals surface area contributed by atoms with Crippen LogP contribution in [0.15, 0.2) is 45.6 Å². The Balaban J connectivity index is 2.35. The molecule has 0 unspecified atom stereocenters. The van der Waals surface area contributed by atoms with Crippen LogP contribution in [0.4, 0.5) is 0 Å². The maximum Gasteiger partial charge on any atom is 0.163 e. The van der Waals surface area contributed by atoms with Crippen LogP contribution in [0.3, 0.4) is 0 Å². The molecule has 0 N–H and O–H groups in total. The number of rotatable bonds is 2. The molecule has 0 bridgehead atoms. The number of aromatic nitrogens is 1. The highest BCUT2D eigenvalue weighted by Gasteiger charge is 2.07. The van der Waals surface area contributed by atoms with E-state index in [1.54, 1.807) is 12.3 Å². The number of halogens is 2. The van der Waals surface area contributed by atoms with Gasteiger partial charge in [0, 0.05) is 10.7 Å².